The van der Waals surface area contributed by atoms with Gasteiger partial charge in [0.05, 0.1) is 11.8 Å². The summed E-state index contributed by atoms with van der Waals surface area (Å²) in [4.78, 5) is 10.7. The number of ether oxygens (including phenoxy) is 1. The van der Waals surface area contributed by atoms with Crippen LogP contribution in [0.1, 0.15) is 11.3 Å². The maximum absolute atomic E-state index is 14.9. The number of aromatic amines is 2. The first kappa shape index (κ1) is 19.3. The minimum atomic E-state index is -0.779. The fraction of sp³-hybridized carbons (Fsp3) is 0.0476. The summed E-state index contributed by atoms with van der Waals surface area (Å²) in [7, 11) is 0. The number of fused-ring (bicyclic) bond motifs is 1. The Labute approximate surface area is 178 Å². The average Bonchev–Trinajstić information content (AvgIpc) is 3.53. The third-order valence-electron chi connectivity index (χ3n) is 4.64. The maximum Gasteiger partial charge on any atom is 0.242 e. The Kier molecular flexibility index (Phi) is 4.52. The fourth-order valence-electron chi connectivity index (χ4n) is 3.22. The molecule has 0 amide bonds. The van der Waals surface area contributed by atoms with Gasteiger partial charge in [-0.1, -0.05) is 0 Å². The van der Waals surface area contributed by atoms with E-state index in [4.69, 9.17) is 9.15 Å². The Hall–Kier alpha value is -4.72. The number of furan rings is 1. The molecule has 0 fully saturated rings. The number of nitriles is 1. The van der Waals surface area contributed by atoms with Gasteiger partial charge >= 0.3 is 0 Å². The molecule has 4 heterocycles. The number of aryl methyl sites for hydroxylation is 1. The number of anilines is 2. The zero-order valence-corrected chi connectivity index (χ0v) is 16.4. The van der Waals surface area contributed by atoms with Gasteiger partial charge in [-0.25, -0.2) is 18.7 Å². The van der Waals surface area contributed by atoms with Crippen molar-refractivity contribution in [2.75, 3.05) is 5.32 Å². The summed E-state index contributed by atoms with van der Waals surface area (Å²) in [5, 5.41) is 19.5. The summed E-state index contributed by atoms with van der Waals surface area (Å²) >= 11 is 0. The van der Waals surface area contributed by atoms with Crippen molar-refractivity contribution < 1.29 is 17.9 Å². The highest BCUT2D eigenvalue weighted by Gasteiger charge is 2.20. The van der Waals surface area contributed by atoms with Gasteiger partial charge < -0.3 is 19.5 Å². The molecular weight excluding hydrogens is 420 g/mol. The summed E-state index contributed by atoms with van der Waals surface area (Å²) in [6, 6.07) is 9.43. The van der Waals surface area contributed by atoms with Crippen molar-refractivity contribution in [1.82, 2.24) is 25.1 Å². The summed E-state index contributed by atoms with van der Waals surface area (Å²) in [6.07, 6.45) is 2.66. The van der Waals surface area contributed by atoms with Gasteiger partial charge in [0.25, 0.3) is 0 Å². The van der Waals surface area contributed by atoms with Crippen LogP contribution in [0.25, 0.3) is 22.4 Å². The molecule has 4 aromatic heterocycles. The Balaban J connectivity index is 1.48. The summed E-state index contributed by atoms with van der Waals surface area (Å²) < 4.78 is 40.1. The molecular formula is C21H13F2N7O2. The van der Waals surface area contributed by atoms with E-state index in [-0.39, 0.29) is 28.2 Å². The van der Waals surface area contributed by atoms with Gasteiger partial charge in [0, 0.05) is 23.2 Å². The predicted molar refractivity (Wildman–Crippen MR) is 109 cm³/mol. The molecule has 0 bridgehead atoms. The molecule has 0 atom stereocenters. The van der Waals surface area contributed by atoms with E-state index in [1.807, 2.05) is 6.07 Å². The Morgan fingerprint density at radius 3 is 2.88 bits per heavy atom. The van der Waals surface area contributed by atoms with E-state index < -0.39 is 17.4 Å². The first-order valence-electron chi connectivity index (χ1n) is 9.30. The molecule has 0 unspecified atom stereocenters. The van der Waals surface area contributed by atoms with Crippen LogP contribution in [0.3, 0.4) is 0 Å². The van der Waals surface area contributed by atoms with E-state index in [0.29, 0.717) is 23.0 Å². The molecule has 0 aliphatic heterocycles. The van der Waals surface area contributed by atoms with Crippen molar-refractivity contribution in [2.45, 2.75) is 6.92 Å². The lowest BCUT2D eigenvalue weighted by atomic mass is 10.2. The van der Waals surface area contributed by atoms with Crippen LogP contribution in [0.4, 0.5) is 20.4 Å². The van der Waals surface area contributed by atoms with Crippen molar-refractivity contribution in [3.63, 3.8) is 0 Å². The van der Waals surface area contributed by atoms with Crippen LogP contribution in [0.5, 0.6) is 11.6 Å². The standard InChI is InChI=1S/C21H13F2N7O2/c1-10-5-11-18(23)16(6-13(22)19(11)27-10)32-21-12(8-24)20(25-9-26-21)28-17-7-14(29-30-17)15-3-2-4-31-15/h2-7,9,27H,1H3,(H2,25,26,28,29,30). The number of halogens is 2. The maximum atomic E-state index is 14.9. The molecule has 0 saturated carbocycles. The SMILES string of the molecule is Cc1cc2c(F)c(Oc3ncnc(Nc4cc(-c5ccco5)[nH]n4)c3C#N)cc(F)c2[nH]1. The van der Waals surface area contributed by atoms with Crippen LogP contribution in [-0.2, 0) is 0 Å². The molecule has 9 nitrogen and oxygen atoms in total. The lowest BCUT2D eigenvalue weighted by molar-refractivity contribution is 0.424. The van der Waals surface area contributed by atoms with Gasteiger partial charge in [0.2, 0.25) is 5.88 Å². The highest BCUT2D eigenvalue weighted by molar-refractivity contribution is 5.83. The van der Waals surface area contributed by atoms with E-state index in [9.17, 15) is 14.0 Å². The smallest absolute Gasteiger partial charge is 0.242 e. The van der Waals surface area contributed by atoms with Gasteiger partial charge in [-0.2, -0.15) is 10.4 Å². The van der Waals surface area contributed by atoms with E-state index in [0.717, 1.165) is 12.4 Å². The predicted octanol–water partition coefficient (Wildman–Crippen LogP) is 4.94. The number of aromatic nitrogens is 5. The zero-order valence-electron chi connectivity index (χ0n) is 16.4. The Morgan fingerprint density at radius 1 is 1.22 bits per heavy atom. The molecule has 0 saturated heterocycles. The number of nitrogens with one attached hydrogen (secondary N) is 3. The first-order valence-corrected chi connectivity index (χ1v) is 9.30. The highest BCUT2D eigenvalue weighted by atomic mass is 19.1. The second-order valence-electron chi connectivity index (χ2n) is 6.80. The first-order chi connectivity index (χ1) is 15.5. The van der Waals surface area contributed by atoms with Gasteiger partial charge in [-0.15, -0.1) is 0 Å². The van der Waals surface area contributed by atoms with Gasteiger partial charge in [-0.3, -0.25) is 5.10 Å². The molecule has 3 N–H and O–H groups in total. The Bertz CT molecular complexity index is 1480. The molecule has 32 heavy (non-hydrogen) atoms. The molecule has 0 aliphatic rings. The number of H-pyrrole nitrogens is 2. The monoisotopic (exact) mass is 433 g/mol. The molecule has 0 radical (unpaired) electrons. The van der Waals surface area contributed by atoms with Gasteiger partial charge in [0.1, 0.15) is 18.1 Å². The Morgan fingerprint density at radius 2 is 2.09 bits per heavy atom. The molecule has 5 aromatic rings. The molecule has 5 rings (SSSR count). The van der Waals surface area contributed by atoms with Crippen LogP contribution < -0.4 is 10.1 Å². The van der Waals surface area contributed by atoms with Crippen LogP contribution in [0.2, 0.25) is 0 Å². The number of nitrogens with zero attached hydrogens (tertiary/aromatic N) is 4. The van der Waals surface area contributed by atoms with Crippen molar-refractivity contribution in [3.05, 3.63) is 65.8 Å². The summed E-state index contributed by atoms with van der Waals surface area (Å²) in [5.74, 6) is -1.12. The number of hydrogen-bond acceptors (Lipinski definition) is 7. The molecule has 0 spiro atoms. The lowest BCUT2D eigenvalue weighted by Crippen LogP contribution is -2.02. The fourth-order valence-corrected chi connectivity index (χ4v) is 3.22. The van der Waals surface area contributed by atoms with Crippen LogP contribution in [-0.4, -0.2) is 25.1 Å². The third-order valence-corrected chi connectivity index (χ3v) is 4.64. The minimum absolute atomic E-state index is 0.0313. The highest BCUT2D eigenvalue weighted by Crippen LogP contribution is 2.34. The molecule has 1 aromatic carbocycles. The second kappa shape index (κ2) is 7.51. The van der Waals surface area contributed by atoms with Crippen LogP contribution in [0.15, 0.2) is 47.3 Å². The number of hydrogen-bond donors (Lipinski definition) is 3. The van der Waals surface area contributed by atoms with Gasteiger partial charge in [-0.05, 0) is 25.1 Å². The van der Waals surface area contributed by atoms with Gasteiger partial charge in [0.15, 0.2) is 40.3 Å². The second-order valence-corrected chi connectivity index (χ2v) is 6.80. The van der Waals surface area contributed by atoms with Crippen molar-refractivity contribution in [2.24, 2.45) is 0 Å². The summed E-state index contributed by atoms with van der Waals surface area (Å²) in [6.45, 7) is 1.68. The number of rotatable bonds is 5. The van der Waals surface area contributed by atoms with E-state index in [1.165, 1.54) is 12.3 Å². The third kappa shape index (κ3) is 3.29. The van der Waals surface area contributed by atoms with Crippen molar-refractivity contribution in [1.29, 1.82) is 5.26 Å². The minimum Gasteiger partial charge on any atom is -0.463 e. The number of benzene rings is 1. The van der Waals surface area contributed by atoms with Crippen molar-refractivity contribution in [3.8, 4) is 29.2 Å². The van der Waals surface area contributed by atoms with Crippen molar-refractivity contribution >= 4 is 22.5 Å². The van der Waals surface area contributed by atoms with E-state index >= 15 is 0 Å². The summed E-state index contributed by atoms with van der Waals surface area (Å²) in [5.41, 5.74) is 1.12. The topological polar surface area (TPSA) is 128 Å². The molecule has 0 aliphatic carbocycles. The largest absolute Gasteiger partial charge is 0.463 e. The average molecular weight is 433 g/mol. The van der Waals surface area contributed by atoms with Crippen LogP contribution >= 0.6 is 0 Å². The van der Waals surface area contributed by atoms with E-state index in [1.54, 1.807) is 25.1 Å². The van der Waals surface area contributed by atoms with Crippen LogP contribution in [0, 0.1) is 29.9 Å². The normalized spacial score (nSPS) is 10.9. The molecule has 11 heteroatoms. The molecule has 158 valence electrons. The van der Waals surface area contributed by atoms with E-state index in [2.05, 4.69) is 30.5 Å². The lowest BCUT2D eigenvalue weighted by Gasteiger charge is -2.10. The quantitative estimate of drug-likeness (QED) is 0.358. The zero-order chi connectivity index (χ0) is 22.2.